The van der Waals surface area contributed by atoms with Crippen LogP contribution in [-0.2, 0) is 12.8 Å². The van der Waals surface area contributed by atoms with Gasteiger partial charge in [-0.3, -0.25) is 11.3 Å². The third kappa shape index (κ3) is 4.00. The van der Waals surface area contributed by atoms with Crippen LogP contribution in [0.5, 0.6) is 0 Å². The molecule has 0 fully saturated rings. The lowest BCUT2D eigenvalue weighted by atomic mass is 9.98. The largest absolute Gasteiger partial charge is 0.271 e. The molecule has 2 rings (SSSR count). The van der Waals surface area contributed by atoms with Gasteiger partial charge in [0.2, 0.25) is 0 Å². The summed E-state index contributed by atoms with van der Waals surface area (Å²) < 4.78 is 27.4. The van der Waals surface area contributed by atoms with E-state index in [1.54, 1.807) is 0 Å². The van der Waals surface area contributed by atoms with Gasteiger partial charge in [0.25, 0.3) is 0 Å². The molecule has 0 radical (unpaired) electrons. The van der Waals surface area contributed by atoms with Gasteiger partial charge < -0.3 is 0 Å². The van der Waals surface area contributed by atoms with Crippen molar-refractivity contribution >= 4 is 11.6 Å². The van der Waals surface area contributed by atoms with E-state index < -0.39 is 11.6 Å². The van der Waals surface area contributed by atoms with Crippen molar-refractivity contribution in [3.05, 3.63) is 69.7 Å². The van der Waals surface area contributed by atoms with Crippen LogP contribution in [0.2, 0.25) is 5.02 Å². The van der Waals surface area contributed by atoms with E-state index in [1.807, 2.05) is 25.1 Å². The predicted molar refractivity (Wildman–Crippen MR) is 81.1 cm³/mol. The van der Waals surface area contributed by atoms with Gasteiger partial charge >= 0.3 is 0 Å². The third-order valence-electron chi connectivity index (χ3n) is 3.42. The lowest BCUT2D eigenvalue weighted by Crippen LogP contribution is -2.39. The Morgan fingerprint density at radius 1 is 1.14 bits per heavy atom. The molecule has 0 aromatic heterocycles. The normalized spacial score (nSPS) is 12.4. The molecule has 0 bridgehead atoms. The summed E-state index contributed by atoms with van der Waals surface area (Å²) in [6, 6.07) is 9.22. The monoisotopic (exact) mass is 310 g/mol. The molecule has 2 aromatic rings. The zero-order chi connectivity index (χ0) is 15.4. The maximum absolute atomic E-state index is 13.7. The first-order chi connectivity index (χ1) is 10.0. The second-order valence-corrected chi connectivity index (χ2v) is 5.47. The zero-order valence-electron chi connectivity index (χ0n) is 11.7. The van der Waals surface area contributed by atoms with E-state index in [0.29, 0.717) is 11.4 Å². The fourth-order valence-corrected chi connectivity index (χ4v) is 2.56. The van der Waals surface area contributed by atoms with Crippen molar-refractivity contribution in [1.29, 1.82) is 0 Å². The van der Waals surface area contributed by atoms with Crippen LogP contribution >= 0.6 is 11.6 Å². The molecule has 0 aliphatic rings. The first-order valence-corrected chi connectivity index (χ1v) is 7.03. The smallest absolute Gasteiger partial charge is 0.129 e. The molecule has 0 saturated carbocycles. The Labute approximate surface area is 127 Å². The summed E-state index contributed by atoms with van der Waals surface area (Å²) in [7, 11) is 0. The van der Waals surface area contributed by atoms with Gasteiger partial charge in [0.05, 0.1) is 0 Å². The standard InChI is InChI=1S/C16H17ClF2N2/c1-10-5-6-11(14(17)7-10)8-12(21-20)9-13-15(18)3-2-4-16(13)19/h2-7,12,21H,8-9,20H2,1H3. The summed E-state index contributed by atoms with van der Waals surface area (Å²) in [6.45, 7) is 1.95. The fraction of sp³-hybridized carbons (Fsp3) is 0.250. The minimum Gasteiger partial charge on any atom is -0.271 e. The van der Waals surface area contributed by atoms with Crippen LogP contribution in [0, 0.1) is 18.6 Å². The molecule has 0 heterocycles. The number of hydrogen-bond acceptors (Lipinski definition) is 2. The second-order valence-electron chi connectivity index (χ2n) is 5.07. The highest BCUT2D eigenvalue weighted by atomic mass is 35.5. The molecule has 2 aromatic carbocycles. The molecule has 1 atom stereocenters. The third-order valence-corrected chi connectivity index (χ3v) is 3.77. The van der Waals surface area contributed by atoms with Crippen LogP contribution in [0.1, 0.15) is 16.7 Å². The fourth-order valence-electron chi connectivity index (χ4n) is 2.25. The van der Waals surface area contributed by atoms with Crippen LogP contribution in [0.15, 0.2) is 36.4 Å². The zero-order valence-corrected chi connectivity index (χ0v) is 12.4. The van der Waals surface area contributed by atoms with Gasteiger partial charge in [0.1, 0.15) is 11.6 Å². The number of nitrogens with one attached hydrogen (secondary N) is 1. The number of halogens is 3. The summed E-state index contributed by atoms with van der Waals surface area (Å²) in [5.41, 5.74) is 4.58. The molecule has 1 unspecified atom stereocenters. The van der Waals surface area contributed by atoms with Crippen molar-refractivity contribution in [2.75, 3.05) is 0 Å². The van der Waals surface area contributed by atoms with Gasteiger partial charge in [-0.1, -0.05) is 29.8 Å². The average molecular weight is 311 g/mol. The molecular weight excluding hydrogens is 294 g/mol. The minimum absolute atomic E-state index is 0.0312. The van der Waals surface area contributed by atoms with Gasteiger partial charge in [-0.05, 0) is 49.1 Å². The van der Waals surface area contributed by atoms with E-state index in [4.69, 9.17) is 17.4 Å². The molecule has 0 aliphatic carbocycles. The van der Waals surface area contributed by atoms with Crippen molar-refractivity contribution in [2.45, 2.75) is 25.8 Å². The Balaban J connectivity index is 2.17. The Morgan fingerprint density at radius 3 is 2.38 bits per heavy atom. The van der Waals surface area contributed by atoms with Crippen molar-refractivity contribution < 1.29 is 8.78 Å². The molecule has 0 saturated heterocycles. The van der Waals surface area contributed by atoms with E-state index in [9.17, 15) is 8.78 Å². The Bertz CT molecular complexity index is 611. The van der Waals surface area contributed by atoms with Crippen LogP contribution in [0.4, 0.5) is 8.78 Å². The summed E-state index contributed by atoms with van der Waals surface area (Å²) >= 11 is 6.18. The van der Waals surface area contributed by atoms with Crippen molar-refractivity contribution in [1.82, 2.24) is 5.43 Å². The van der Waals surface area contributed by atoms with Crippen molar-refractivity contribution in [3.8, 4) is 0 Å². The van der Waals surface area contributed by atoms with Crippen molar-refractivity contribution in [3.63, 3.8) is 0 Å². The lowest BCUT2D eigenvalue weighted by molar-refractivity contribution is 0.484. The summed E-state index contributed by atoms with van der Waals surface area (Å²) in [4.78, 5) is 0. The number of nitrogens with two attached hydrogens (primary N) is 1. The number of hydrazine groups is 1. The molecule has 5 heteroatoms. The van der Waals surface area contributed by atoms with Gasteiger partial charge in [-0.25, -0.2) is 8.78 Å². The molecule has 3 N–H and O–H groups in total. The molecular formula is C16H17ClF2N2. The number of aryl methyl sites for hydroxylation is 1. The molecule has 0 amide bonds. The highest BCUT2D eigenvalue weighted by Gasteiger charge is 2.16. The maximum Gasteiger partial charge on any atom is 0.129 e. The van der Waals surface area contributed by atoms with Gasteiger partial charge in [-0.15, -0.1) is 0 Å². The van der Waals surface area contributed by atoms with Crippen LogP contribution in [0.3, 0.4) is 0 Å². The Morgan fingerprint density at radius 2 is 1.81 bits per heavy atom. The lowest BCUT2D eigenvalue weighted by Gasteiger charge is -2.18. The van der Waals surface area contributed by atoms with Gasteiger partial charge in [0.15, 0.2) is 0 Å². The minimum atomic E-state index is -0.565. The highest BCUT2D eigenvalue weighted by molar-refractivity contribution is 6.31. The van der Waals surface area contributed by atoms with E-state index in [0.717, 1.165) is 11.1 Å². The summed E-state index contributed by atoms with van der Waals surface area (Å²) in [5, 5.41) is 0.629. The number of hydrogen-bond donors (Lipinski definition) is 2. The Kier molecular flexibility index (Phi) is 5.28. The topological polar surface area (TPSA) is 38.0 Å². The maximum atomic E-state index is 13.7. The van der Waals surface area contributed by atoms with Crippen LogP contribution in [-0.4, -0.2) is 6.04 Å². The highest BCUT2D eigenvalue weighted by Crippen LogP contribution is 2.21. The van der Waals surface area contributed by atoms with Crippen LogP contribution in [0.25, 0.3) is 0 Å². The Hall–Kier alpha value is -1.49. The molecule has 112 valence electrons. The average Bonchev–Trinajstić information content (AvgIpc) is 2.44. The second kappa shape index (κ2) is 6.98. The quantitative estimate of drug-likeness (QED) is 0.655. The van der Waals surface area contributed by atoms with E-state index in [-0.39, 0.29) is 18.0 Å². The SMILES string of the molecule is Cc1ccc(CC(Cc2c(F)cccc2F)NN)c(Cl)c1. The summed E-state index contributed by atoms with van der Waals surface area (Å²) in [5.74, 6) is 4.38. The molecule has 21 heavy (non-hydrogen) atoms. The van der Waals surface area contributed by atoms with E-state index in [2.05, 4.69) is 5.43 Å². The summed E-state index contributed by atoms with van der Waals surface area (Å²) in [6.07, 6.45) is 0.641. The van der Waals surface area contributed by atoms with Crippen LogP contribution < -0.4 is 11.3 Å². The van der Waals surface area contributed by atoms with E-state index in [1.165, 1.54) is 18.2 Å². The van der Waals surface area contributed by atoms with E-state index >= 15 is 0 Å². The molecule has 0 aliphatic heterocycles. The van der Waals surface area contributed by atoms with Gasteiger partial charge in [0, 0.05) is 16.6 Å². The predicted octanol–water partition coefficient (Wildman–Crippen LogP) is 3.54. The molecule has 0 spiro atoms. The first-order valence-electron chi connectivity index (χ1n) is 6.65. The molecule has 2 nitrogen and oxygen atoms in total. The van der Waals surface area contributed by atoms with Crippen molar-refractivity contribution in [2.24, 2.45) is 5.84 Å². The number of benzene rings is 2. The number of rotatable bonds is 5. The van der Waals surface area contributed by atoms with Gasteiger partial charge in [-0.2, -0.15) is 0 Å². The first kappa shape index (κ1) is 15.9.